The fourth-order valence-electron chi connectivity index (χ4n) is 1.74. The molecule has 0 saturated carbocycles. The van der Waals surface area contributed by atoms with Crippen molar-refractivity contribution in [3.8, 4) is 5.75 Å². The van der Waals surface area contributed by atoms with Crippen LogP contribution in [0.3, 0.4) is 0 Å². The van der Waals surface area contributed by atoms with Gasteiger partial charge in [0.1, 0.15) is 11.0 Å². The predicted molar refractivity (Wildman–Crippen MR) is 70.9 cm³/mol. The summed E-state index contributed by atoms with van der Waals surface area (Å²) in [6.45, 7) is 3.26. The Morgan fingerprint density at radius 3 is 2.17 bits per heavy atom. The van der Waals surface area contributed by atoms with Gasteiger partial charge in [-0.1, -0.05) is 13.8 Å². The molecular formula is C13H18O4S. The molecule has 1 aromatic rings. The zero-order valence-electron chi connectivity index (χ0n) is 10.8. The molecule has 0 aliphatic heterocycles. The average molecular weight is 270 g/mol. The Morgan fingerprint density at radius 1 is 1.22 bits per heavy atom. The quantitative estimate of drug-likeness (QED) is 0.743. The van der Waals surface area contributed by atoms with Gasteiger partial charge in [-0.15, -0.1) is 0 Å². The number of methoxy groups -OCH3 is 1. The monoisotopic (exact) mass is 270 g/mol. The van der Waals surface area contributed by atoms with Crippen molar-refractivity contribution in [2.24, 2.45) is 0 Å². The van der Waals surface area contributed by atoms with E-state index in [0.29, 0.717) is 17.7 Å². The van der Waals surface area contributed by atoms with E-state index >= 15 is 0 Å². The molecule has 0 N–H and O–H groups in total. The van der Waals surface area contributed by atoms with Crippen LogP contribution in [0.1, 0.15) is 30.6 Å². The van der Waals surface area contributed by atoms with Crippen LogP contribution in [0.2, 0.25) is 0 Å². The summed E-state index contributed by atoms with van der Waals surface area (Å²) in [4.78, 5) is 12.2. The molecule has 18 heavy (non-hydrogen) atoms. The molecule has 4 nitrogen and oxygen atoms in total. The molecule has 0 bridgehead atoms. The second-order valence-electron chi connectivity index (χ2n) is 3.94. The highest BCUT2D eigenvalue weighted by molar-refractivity contribution is 7.92. The number of ether oxygens (including phenoxy) is 1. The van der Waals surface area contributed by atoms with E-state index in [0.717, 1.165) is 0 Å². The van der Waals surface area contributed by atoms with Crippen LogP contribution in [-0.2, 0) is 9.84 Å². The van der Waals surface area contributed by atoms with E-state index in [1.165, 1.54) is 7.11 Å². The third-order valence-electron chi connectivity index (χ3n) is 2.87. The van der Waals surface area contributed by atoms with Crippen LogP contribution in [0.5, 0.6) is 5.75 Å². The number of sulfone groups is 1. The number of Topliss-reactive ketones (excluding diaryl/α,β-unsaturated/α-hetero) is 1. The van der Waals surface area contributed by atoms with Gasteiger partial charge in [-0.3, -0.25) is 4.79 Å². The number of carbonyl (C=O) groups is 1. The van der Waals surface area contributed by atoms with E-state index in [1.807, 2.05) is 0 Å². The largest absolute Gasteiger partial charge is 0.497 e. The van der Waals surface area contributed by atoms with Gasteiger partial charge in [0.25, 0.3) is 0 Å². The smallest absolute Gasteiger partial charge is 0.180 e. The maximum Gasteiger partial charge on any atom is 0.180 e. The number of benzene rings is 1. The van der Waals surface area contributed by atoms with Crippen LogP contribution in [0, 0.1) is 0 Å². The average Bonchev–Trinajstić information content (AvgIpc) is 2.39. The van der Waals surface area contributed by atoms with E-state index in [-0.39, 0.29) is 11.5 Å². The Morgan fingerprint density at radius 2 is 1.78 bits per heavy atom. The lowest BCUT2D eigenvalue weighted by Gasteiger charge is -2.13. The van der Waals surface area contributed by atoms with Crippen LogP contribution >= 0.6 is 0 Å². The summed E-state index contributed by atoms with van der Waals surface area (Å²) in [6.07, 6.45) is 0.293. The Labute approximate surface area is 108 Å². The highest BCUT2D eigenvalue weighted by atomic mass is 32.2. The lowest BCUT2D eigenvalue weighted by molar-refractivity contribution is 0.0985. The summed E-state index contributed by atoms with van der Waals surface area (Å²) < 4.78 is 28.6. The third-order valence-corrected chi connectivity index (χ3v) is 5.09. The van der Waals surface area contributed by atoms with Gasteiger partial charge in [0, 0.05) is 11.3 Å². The number of carbonyl (C=O) groups excluding carboxylic acids is 1. The molecule has 0 fully saturated rings. The van der Waals surface area contributed by atoms with Gasteiger partial charge in [0.2, 0.25) is 0 Å². The first kappa shape index (κ1) is 14.7. The Balaban J connectivity index is 3.04. The molecule has 0 amide bonds. The third kappa shape index (κ3) is 3.10. The van der Waals surface area contributed by atoms with Gasteiger partial charge in [-0.2, -0.15) is 0 Å². The molecule has 100 valence electrons. The molecule has 1 atom stereocenters. The summed E-state index contributed by atoms with van der Waals surface area (Å²) in [7, 11) is -1.82. The first-order valence-electron chi connectivity index (χ1n) is 5.86. The van der Waals surface area contributed by atoms with Crippen molar-refractivity contribution < 1.29 is 17.9 Å². The standard InChI is InChI=1S/C13H18O4S/c1-4-12(18(15,16)5-2)13(14)10-6-8-11(17-3)9-7-10/h6-9,12H,4-5H2,1-3H3/t12-/m1/s1. The number of ketones is 1. The van der Waals surface area contributed by atoms with Crippen molar-refractivity contribution in [2.75, 3.05) is 12.9 Å². The lowest BCUT2D eigenvalue weighted by atomic mass is 10.1. The minimum absolute atomic E-state index is 0.0204. The molecule has 0 heterocycles. The van der Waals surface area contributed by atoms with Crippen molar-refractivity contribution in [3.63, 3.8) is 0 Å². The second kappa shape index (κ2) is 6.00. The zero-order chi connectivity index (χ0) is 13.8. The molecular weight excluding hydrogens is 252 g/mol. The molecule has 0 aliphatic carbocycles. The van der Waals surface area contributed by atoms with Crippen molar-refractivity contribution in [1.82, 2.24) is 0 Å². The van der Waals surface area contributed by atoms with Crippen molar-refractivity contribution in [3.05, 3.63) is 29.8 Å². The zero-order valence-corrected chi connectivity index (χ0v) is 11.7. The van der Waals surface area contributed by atoms with Crippen molar-refractivity contribution >= 4 is 15.6 Å². The predicted octanol–water partition coefficient (Wildman–Crippen LogP) is 2.09. The molecule has 0 aliphatic rings. The lowest BCUT2D eigenvalue weighted by Crippen LogP contribution is -2.31. The topological polar surface area (TPSA) is 60.4 Å². The van der Waals surface area contributed by atoms with Crippen LogP contribution < -0.4 is 4.74 Å². The van der Waals surface area contributed by atoms with Gasteiger partial charge in [0.15, 0.2) is 15.6 Å². The molecule has 0 aromatic heterocycles. The van der Waals surface area contributed by atoms with E-state index < -0.39 is 15.1 Å². The number of rotatable bonds is 6. The molecule has 0 spiro atoms. The summed E-state index contributed by atoms with van der Waals surface area (Å²) in [5.74, 6) is 0.271. The Bertz CT molecular complexity index is 502. The second-order valence-corrected chi connectivity index (χ2v) is 6.41. The summed E-state index contributed by atoms with van der Waals surface area (Å²) in [5, 5.41) is -0.948. The maximum atomic E-state index is 12.2. The van der Waals surface area contributed by atoms with Crippen LogP contribution in [0.25, 0.3) is 0 Å². The summed E-state index contributed by atoms with van der Waals surface area (Å²) in [6, 6.07) is 6.49. The number of hydrogen-bond donors (Lipinski definition) is 0. The normalized spacial score (nSPS) is 13.1. The van der Waals surface area contributed by atoms with E-state index in [2.05, 4.69) is 0 Å². The van der Waals surface area contributed by atoms with Gasteiger partial charge in [0.05, 0.1) is 7.11 Å². The Kier molecular flexibility index (Phi) is 4.90. The van der Waals surface area contributed by atoms with Gasteiger partial charge >= 0.3 is 0 Å². The molecule has 1 rings (SSSR count). The number of hydrogen-bond acceptors (Lipinski definition) is 4. The van der Waals surface area contributed by atoms with Gasteiger partial charge in [-0.05, 0) is 30.7 Å². The molecule has 5 heteroatoms. The SMILES string of the molecule is CC[C@H](C(=O)c1ccc(OC)cc1)S(=O)(=O)CC. The maximum absolute atomic E-state index is 12.2. The van der Waals surface area contributed by atoms with E-state index in [9.17, 15) is 13.2 Å². The van der Waals surface area contributed by atoms with Crippen molar-refractivity contribution in [2.45, 2.75) is 25.5 Å². The fraction of sp³-hybridized carbons (Fsp3) is 0.462. The van der Waals surface area contributed by atoms with Crippen LogP contribution in [0.15, 0.2) is 24.3 Å². The molecule has 0 saturated heterocycles. The first-order chi connectivity index (χ1) is 8.46. The Hall–Kier alpha value is -1.36. The fourth-order valence-corrected chi connectivity index (χ4v) is 3.12. The minimum Gasteiger partial charge on any atom is -0.497 e. The summed E-state index contributed by atoms with van der Waals surface area (Å²) in [5.41, 5.74) is 0.402. The summed E-state index contributed by atoms with van der Waals surface area (Å²) >= 11 is 0. The van der Waals surface area contributed by atoms with Gasteiger partial charge in [-0.25, -0.2) is 8.42 Å². The first-order valence-corrected chi connectivity index (χ1v) is 7.57. The van der Waals surface area contributed by atoms with Gasteiger partial charge < -0.3 is 4.74 Å². The van der Waals surface area contributed by atoms with Crippen LogP contribution in [0.4, 0.5) is 0 Å². The minimum atomic E-state index is -3.35. The van der Waals surface area contributed by atoms with Crippen molar-refractivity contribution in [1.29, 1.82) is 0 Å². The highest BCUT2D eigenvalue weighted by Crippen LogP contribution is 2.17. The molecule has 0 unspecified atom stereocenters. The van der Waals surface area contributed by atoms with E-state index in [4.69, 9.17) is 4.74 Å². The molecule has 1 aromatic carbocycles. The highest BCUT2D eigenvalue weighted by Gasteiger charge is 2.29. The van der Waals surface area contributed by atoms with E-state index in [1.54, 1.807) is 38.1 Å². The van der Waals surface area contributed by atoms with Crippen LogP contribution in [-0.4, -0.2) is 32.3 Å². The molecule has 0 radical (unpaired) electrons.